The summed E-state index contributed by atoms with van der Waals surface area (Å²) in [7, 11) is 0. The smallest absolute Gasteiger partial charge is 0.255 e. The van der Waals surface area contributed by atoms with E-state index in [1.54, 1.807) is 0 Å². The summed E-state index contributed by atoms with van der Waals surface area (Å²) in [6.45, 7) is 10.9. The lowest BCUT2D eigenvalue weighted by atomic mass is 10.0. The predicted molar refractivity (Wildman–Crippen MR) is 160 cm³/mol. The fourth-order valence-electron chi connectivity index (χ4n) is 4.89. The molecule has 1 saturated heterocycles. The van der Waals surface area contributed by atoms with E-state index in [1.165, 1.54) is 5.69 Å². The maximum absolute atomic E-state index is 13.4. The van der Waals surface area contributed by atoms with Crippen molar-refractivity contribution in [1.29, 1.82) is 0 Å². The number of allylic oxidation sites excluding steroid dienone is 3. The van der Waals surface area contributed by atoms with Crippen LogP contribution in [0.5, 0.6) is 0 Å². The Hall–Kier alpha value is -3.83. The molecule has 0 unspecified atom stereocenters. The topological polar surface area (TPSA) is 61.6 Å². The third kappa shape index (κ3) is 7.14. The zero-order valence-corrected chi connectivity index (χ0v) is 22.9. The van der Waals surface area contributed by atoms with Crippen LogP contribution in [0.3, 0.4) is 0 Å². The van der Waals surface area contributed by atoms with E-state index in [0.29, 0.717) is 11.3 Å². The molecule has 3 aromatic rings. The number of aryl methyl sites for hydroxylation is 1. The molecule has 5 nitrogen and oxygen atoms in total. The molecule has 38 heavy (non-hydrogen) atoms. The number of carbonyl (C=O) groups excluding carboxylic acids is 1. The van der Waals surface area contributed by atoms with Gasteiger partial charge in [-0.3, -0.25) is 9.69 Å². The Labute approximate surface area is 227 Å². The SMILES string of the molecule is CCC/C=C(C)/C=C(/N)c1cc(NC(=O)c2ccccc2CN2CCN(c3ccccc3)CC2)ccc1C. The van der Waals surface area contributed by atoms with Crippen molar-refractivity contribution < 1.29 is 4.79 Å². The molecule has 0 saturated carbocycles. The maximum Gasteiger partial charge on any atom is 0.255 e. The van der Waals surface area contributed by atoms with Crippen LogP contribution in [0.2, 0.25) is 0 Å². The molecule has 5 heteroatoms. The number of anilines is 2. The Bertz CT molecular complexity index is 1290. The second kappa shape index (κ2) is 13.1. The standard InChI is InChI=1S/C33H40N4O/c1-4-5-11-25(2)22-32(34)31-23-28(17-16-26(31)3)35-33(38)30-15-10-9-12-27(30)24-36-18-20-37(21-19-36)29-13-7-6-8-14-29/h6-17,22-23H,4-5,18-21,24,34H2,1-3H3,(H,35,38)/b25-11+,32-22+. The van der Waals surface area contributed by atoms with Crippen molar-refractivity contribution in [2.24, 2.45) is 5.73 Å². The van der Waals surface area contributed by atoms with Gasteiger partial charge in [0.2, 0.25) is 0 Å². The van der Waals surface area contributed by atoms with Crippen LogP contribution in [0.4, 0.5) is 11.4 Å². The van der Waals surface area contributed by atoms with Crippen LogP contribution < -0.4 is 16.0 Å². The Kier molecular flexibility index (Phi) is 9.39. The minimum absolute atomic E-state index is 0.0973. The second-order valence-electron chi connectivity index (χ2n) is 10.1. The molecular formula is C33H40N4O. The highest BCUT2D eigenvalue weighted by atomic mass is 16.1. The molecule has 0 aliphatic carbocycles. The van der Waals surface area contributed by atoms with Gasteiger partial charge in [0, 0.05) is 60.9 Å². The van der Waals surface area contributed by atoms with Crippen LogP contribution in [0, 0.1) is 6.92 Å². The largest absolute Gasteiger partial charge is 0.398 e. The lowest BCUT2D eigenvalue weighted by Crippen LogP contribution is -2.46. The number of piperazine rings is 1. The quantitative estimate of drug-likeness (QED) is 0.319. The highest BCUT2D eigenvalue weighted by Crippen LogP contribution is 2.23. The number of unbranched alkanes of at least 4 members (excludes halogenated alkanes) is 1. The second-order valence-corrected chi connectivity index (χ2v) is 10.1. The van der Waals surface area contributed by atoms with E-state index in [2.05, 4.69) is 71.4 Å². The number of hydrogen-bond acceptors (Lipinski definition) is 4. The van der Waals surface area contributed by atoms with Gasteiger partial charge < -0.3 is 16.0 Å². The molecule has 1 aliphatic heterocycles. The molecule has 0 atom stereocenters. The van der Waals surface area contributed by atoms with Gasteiger partial charge in [-0.2, -0.15) is 0 Å². The van der Waals surface area contributed by atoms with E-state index < -0.39 is 0 Å². The normalized spacial score (nSPS) is 15.0. The number of nitrogens with zero attached hydrogens (tertiary/aromatic N) is 2. The average Bonchev–Trinajstić information content (AvgIpc) is 2.94. The van der Waals surface area contributed by atoms with Crippen LogP contribution in [-0.2, 0) is 6.54 Å². The Morgan fingerprint density at radius 2 is 1.66 bits per heavy atom. The number of rotatable bonds is 9. The Morgan fingerprint density at radius 1 is 0.947 bits per heavy atom. The molecular weight excluding hydrogens is 468 g/mol. The fourth-order valence-corrected chi connectivity index (χ4v) is 4.89. The zero-order valence-electron chi connectivity index (χ0n) is 22.9. The van der Waals surface area contributed by atoms with Gasteiger partial charge in [0.15, 0.2) is 0 Å². The third-order valence-corrected chi connectivity index (χ3v) is 7.09. The zero-order chi connectivity index (χ0) is 26.9. The van der Waals surface area contributed by atoms with Gasteiger partial charge in [0.25, 0.3) is 5.91 Å². The van der Waals surface area contributed by atoms with Crippen molar-refractivity contribution in [2.45, 2.75) is 40.2 Å². The number of amides is 1. The van der Waals surface area contributed by atoms with Crippen LogP contribution in [0.1, 0.15) is 53.7 Å². The van der Waals surface area contributed by atoms with Crippen molar-refractivity contribution in [2.75, 3.05) is 36.4 Å². The Morgan fingerprint density at radius 3 is 2.39 bits per heavy atom. The summed E-state index contributed by atoms with van der Waals surface area (Å²) in [5, 5.41) is 3.11. The van der Waals surface area contributed by atoms with E-state index in [1.807, 2.05) is 49.4 Å². The van der Waals surface area contributed by atoms with Gasteiger partial charge >= 0.3 is 0 Å². The molecule has 4 rings (SSSR count). The molecule has 3 N–H and O–H groups in total. The summed E-state index contributed by atoms with van der Waals surface area (Å²) in [4.78, 5) is 18.2. The monoisotopic (exact) mass is 508 g/mol. The lowest BCUT2D eigenvalue weighted by molar-refractivity contribution is 0.102. The molecule has 198 valence electrons. The summed E-state index contributed by atoms with van der Waals surface area (Å²) >= 11 is 0. The van der Waals surface area contributed by atoms with E-state index in [9.17, 15) is 4.79 Å². The van der Waals surface area contributed by atoms with Gasteiger partial charge in [-0.1, -0.05) is 67.5 Å². The molecule has 1 aliphatic rings. The van der Waals surface area contributed by atoms with Gasteiger partial charge in [0.1, 0.15) is 0 Å². The Balaban J connectivity index is 1.43. The summed E-state index contributed by atoms with van der Waals surface area (Å²) < 4.78 is 0. The van der Waals surface area contributed by atoms with Gasteiger partial charge in [-0.05, 0) is 67.8 Å². The van der Waals surface area contributed by atoms with Crippen molar-refractivity contribution in [1.82, 2.24) is 4.90 Å². The number of para-hydroxylation sites is 1. The van der Waals surface area contributed by atoms with Crippen LogP contribution >= 0.6 is 0 Å². The highest BCUT2D eigenvalue weighted by Gasteiger charge is 2.20. The van der Waals surface area contributed by atoms with E-state index in [0.717, 1.165) is 73.5 Å². The number of nitrogens with two attached hydrogens (primary N) is 1. The highest BCUT2D eigenvalue weighted by molar-refractivity contribution is 6.05. The molecule has 1 heterocycles. The van der Waals surface area contributed by atoms with Gasteiger partial charge in [-0.15, -0.1) is 0 Å². The number of benzene rings is 3. The summed E-state index contributed by atoms with van der Waals surface area (Å²) in [6.07, 6.45) is 6.35. The number of nitrogens with one attached hydrogen (secondary N) is 1. The van der Waals surface area contributed by atoms with Gasteiger partial charge in [-0.25, -0.2) is 0 Å². The molecule has 1 fully saturated rings. The summed E-state index contributed by atoms with van der Waals surface area (Å²) in [5.74, 6) is -0.0973. The van der Waals surface area contributed by atoms with Crippen LogP contribution in [0.15, 0.2) is 90.5 Å². The van der Waals surface area contributed by atoms with Crippen LogP contribution in [-0.4, -0.2) is 37.0 Å². The first kappa shape index (κ1) is 27.2. The minimum atomic E-state index is -0.0973. The van der Waals surface area contributed by atoms with Crippen molar-refractivity contribution in [3.63, 3.8) is 0 Å². The molecule has 0 spiro atoms. The molecule has 0 radical (unpaired) electrons. The first-order chi connectivity index (χ1) is 18.4. The van der Waals surface area contributed by atoms with Crippen LogP contribution in [0.25, 0.3) is 5.70 Å². The van der Waals surface area contributed by atoms with E-state index >= 15 is 0 Å². The first-order valence-electron chi connectivity index (χ1n) is 13.6. The molecule has 3 aromatic carbocycles. The summed E-state index contributed by atoms with van der Waals surface area (Å²) in [6, 6.07) is 24.4. The molecule has 0 aromatic heterocycles. The molecule has 0 bridgehead atoms. The van der Waals surface area contributed by atoms with Crippen molar-refractivity contribution in [3.05, 3.63) is 113 Å². The number of hydrogen-bond donors (Lipinski definition) is 2. The van der Waals surface area contributed by atoms with Crippen molar-refractivity contribution in [3.8, 4) is 0 Å². The van der Waals surface area contributed by atoms with E-state index in [-0.39, 0.29) is 5.91 Å². The lowest BCUT2D eigenvalue weighted by Gasteiger charge is -2.36. The first-order valence-corrected chi connectivity index (χ1v) is 13.6. The van der Waals surface area contributed by atoms with Crippen molar-refractivity contribution >= 4 is 23.0 Å². The third-order valence-electron chi connectivity index (χ3n) is 7.09. The minimum Gasteiger partial charge on any atom is -0.398 e. The van der Waals surface area contributed by atoms with Gasteiger partial charge in [0.05, 0.1) is 0 Å². The van der Waals surface area contributed by atoms with E-state index in [4.69, 9.17) is 5.73 Å². The fraction of sp³-hybridized carbons (Fsp3) is 0.303. The number of carbonyl (C=O) groups is 1. The predicted octanol–water partition coefficient (Wildman–Crippen LogP) is 6.62. The maximum atomic E-state index is 13.4. The molecule has 1 amide bonds. The summed E-state index contributed by atoms with van der Waals surface area (Å²) in [5.41, 5.74) is 14.1. The average molecular weight is 509 g/mol.